The second kappa shape index (κ2) is 8.17. The van der Waals surface area contributed by atoms with Gasteiger partial charge in [-0.25, -0.2) is 17.9 Å². The first kappa shape index (κ1) is 21.4. The Bertz CT molecular complexity index is 1190. The van der Waals surface area contributed by atoms with Crippen LogP contribution in [0.15, 0.2) is 51.8 Å². The maximum Gasteiger partial charge on any atom is 0.362 e. The molecule has 0 bridgehead atoms. The Morgan fingerprint density at radius 2 is 1.90 bits per heavy atom. The zero-order valence-electron chi connectivity index (χ0n) is 15.4. The molecule has 3 rings (SSSR count). The SMILES string of the molecule is CCOC(=O)c1nn(-c2ccc(Br)cc2Cl)c(-c2ccc(S(C)(=O)=O)cc2)c1O. The molecule has 10 heteroatoms. The van der Waals surface area contributed by atoms with E-state index in [1.54, 1.807) is 25.1 Å². The van der Waals surface area contributed by atoms with Gasteiger partial charge in [-0.3, -0.25) is 0 Å². The van der Waals surface area contributed by atoms with Crippen LogP contribution < -0.4 is 0 Å². The van der Waals surface area contributed by atoms with Gasteiger partial charge in [-0.2, -0.15) is 5.10 Å². The molecule has 0 aliphatic heterocycles. The summed E-state index contributed by atoms with van der Waals surface area (Å²) in [5.41, 5.74) is 0.769. The van der Waals surface area contributed by atoms with Gasteiger partial charge in [0.15, 0.2) is 15.6 Å². The lowest BCUT2D eigenvalue weighted by Crippen LogP contribution is -2.07. The molecule has 0 atom stereocenters. The number of sulfone groups is 1. The van der Waals surface area contributed by atoms with Crippen LogP contribution in [0.5, 0.6) is 5.75 Å². The molecule has 1 heterocycles. The highest BCUT2D eigenvalue weighted by Gasteiger charge is 2.26. The van der Waals surface area contributed by atoms with E-state index in [-0.39, 0.29) is 22.9 Å². The van der Waals surface area contributed by atoms with E-state index in [2.05, 4.69) is 21.0 Å². The highest BCUT2D eigenvalue weighted by Crippen LogP contribution is 2.37. The molecule has 3 aromatic rings. The van der Waals surface area contributed by atoms with Crippen molar-refractivity contribution in [2.45, 2.75) is 11.8 Å². The van der Waals surface area contributed by atoms with Crippen molar-refractivity contribution in [1.82, 2.24) is 9.78 Å². The number of esters is 1. The third kappa shape index (κ3) is 4.31. The number of hydrogen-bond donors (Lipinski definition) is 1. The fourth-order valence-electron chi connectivity index (χ4n) is 2.69. The van der Waals surface area contributed by atoms with E-state index in [9.17, 15) is 18.3 Å². The molecule has 0 saturated carbocycles. The van der Waals surface area contributed by atoms with Crippen molar-refractivity contribution in [2.24, 2.45) is 0 Å². The Morgan fingerprint density at radius 3 is 2.45 bits per heavy atom. The fourth-order valence-corrected chi connectivity index (χ4v) is 4.08. The molecule has 1 N–H and O–H groups in total. The Hall–Kier alpha value is -2.36. The van der Waals surface area contributed by atoms with Gasteiger partial charge in [0, 0.05) is 16.3 Å². The average molecular weight is 500 g/mol. The summed E-state index contributed by atoms with van der Waals surface area (Å²) in [7, 11) is -3.39. The molecule has 2 aromatic carbocycles. The molecule has 0 amide bonds. The first-order chi connectivity index (χ1) is 13.6. The standard InChI is InChI=1S/C19H16BrClN2O5S/c1-3-28-19(25)16-18(24)17(11-4-7-13(8-5-11)29(2,26)27)23(22-16)15-9-6-12(20)10-14(15)21/h4-10,24H,3H2,1-2H3. The van der Waals surface area contributed by atoms with E-state index in [4.69, 9.17) is 16.3 Å². The van der Waals surface area contributed by atoms with E-state index >= 15 is 0 Å². The second-order valence-corrected chi connectivity index (χ2v) is 9.41. The molecule has 0 radical (unpaired) electrons. The van der Waals surface area contributed by atoms with Crippen molar-refractivity contribution in [3.8, 4) is 22.7 Å². The Labute approximate surface area is 180 Å². The van der Waals surface area contributed by atoms with Gasteiger partial charge >= 0.3 is 5.97 Å². The molecule has 0 spiro atoms. The molecule has 0 fully saturated rings. The van der Waals surface area contributed by atoms with E-state index in [1.165, 1.54) is 28.9 Å². The molecule has 0 unspecified atom stereocenters. The fraction of sp³-hybridized carbons (Fsp3) is 0.158. The van der Waals surface area contributed by atoms with Crippen LogP contribution in [0.25, 0.3) is 16.9 Å². The number of carbonyl (C=O) groups is 1. The van der Waals surface area contributed by atoms with Gasteiger partial charge in [-0.15, -0.1) is 0 Å². The Balaban J connectivity index is 2.25. The van der Waals surface area contributed by atoms with Gasteiger partial charge in [0.1, 0.15) is 5.69 Å². The van der Waals surface area contributed by atoms with Crippen LogP contribution in [-0.4, -0.2) is 42.1 Å². The van der Waals surface area contributed by atoms with Crippen LogP contribution in [0, 0.1) is 0 Å². The second-order valence-electron chi connectivity index (χ2n) is 6.07. The van der Waals surface area contributed by atoms with Crippen LogP contribution in [0.2, 0.25) is 5.02 Å². The van der Waals surface area contributed by atoms with Gasteiger partial charge in [0.05, 0.1) is 22.2 Å². The molecule has 0 saturated heterocycles. The highest BCUT2D eigenvalue weighted by atomic mass is 79.9. The average Bonchev–Trinajstić information content (AvgIpc) is 2.98. The lowest BCUT2D eigenvalue weighted by Gasteiger charge is -2.10. The maximum absolute atomic E-state index is 12.2. The molecule has 0 aliphatic rings. The zero-order valence-corrected chi connectivity index (χ0v) is 18.5. The number of hydrogen-bond acceptors (Lipinski definition) is 6. The first-order valence-electron chi connectivity index (χ1n) is 8.38. The van der Waals surface area contributed by atoms with Crippen LogP contribution >= 0.6 is 27.5 Å². The summed E-state index contributed by atoms with van der Waals surface area (Å²) in [5, 5.41) is 15.3. The minimum Gasteiger partial charge on any atom is -0.504 e. The largest absolute Gasteiger partial charge is 0.504 e. The van der Waals surface area contributed by atoms with Crippen molar-refractivity contribution >= 4 is 43.3 Å². The minimum atomic E-state index is -3.39. The molecule has 152 valence electrons. The van der Waals surface area contributed by atoms with E-state index < -0.39 is 21.6 Å². The smallest absolute Gasteiger partial charge is 0.362 e. The van der Waals surface area contributed by atoms with Gasteiger partial charge in [-0.1, -0.05) is 39.7 Å². The third-order valence-corrected chi connectivity index (χ3v) is 5.95. The number of benzene rings is 2. The summed E-state index contributed by atoms with van der Waals surface area (Å²) < 4.78 is 30.5. The highest BCUT2D eigenvalue weighted by molar-refractivity contribution is 9.10. The van der Waals surface area contributed by atoms with Crippen molar-refractivity contribution in [2.75, 3.05) is 12.9 Å². The summed E-state index contributed by atoms with van der Waals surface area (Å²) in [4.78, 5) is 12.4. The van der Waals surface area contributed by atoms with E-state index in [0.29, 0.717) is 16.3 Å². The summed E-state index contributed by atoms with van der Waals surface area (Å²) in [6.45, 7) is 1.75. The third-order valence-electron chi connectivity index (χ3n) is 4.02. The predicted molar refractivity (Wildman–Crippen MR) is 112 cm³/mol. The van der Waals surface area contributed by atoms with Gasteiger partial charge in [0.25, 0.3) is 0 Å². The van der Waals surface area contributed by atoms with Crippen molar-refractivity contribution in [1.29, 1.82) is 0 Å². The van der Waals surface area contributed by atoms with Crippen LogP contribution in [0.1, 0.15) is 17.4 Å². The normalized spacial score (nSPS) is 11.4. The lowest BCUT2D eigenvalue weighted by molar-refractivity contribution is 0.0515. The number of aromatic hydroxyl groups is 1. The van der Waals surface area contributed by atoms with Crippen molar-refractivity contribution in [3.63, 3.8) is 0 Å². The van der Waals surface area contributed by atoms with Gasteiger partial charge in [-0.05, 0) is 37.3 Å². The first-order valence-corrected chi connectivity index (χ1v) is 11.4. The Morgan fingerprint density at radius 1 is 1.24 bits per heavy atom. The quantitative estimate of drug-likeness (QED) is 0.527. The monoisotopic (exact) mass is 498 g/mol. The zero-order chi connectivity index (χ0) is 21.3. The summed E-state index contributed by atoms with van der Waals surface area (Å²) in [5.74, 6) is -1.18. The number of ether oxygens (including phenoxy) is 1. The maximum atomic E-state index is 12.2. The molecule has 1 aromatic heterocycles. The molecule has 7 nitrogen and oxygen atoms in total. The van der Waals surface area contributed by atoms with Crippen LogP contribution in [-0.2, 0) is 14.6 Å². The summed E-state index contributed by atoms with van der Waals surface area (Å²) in [6, 6.07) is 10.9. The summed E-state index contributed by atoms with van der Waals surface area (Å²) >= 11 is 9.67. The number of rotatable bonds is 5. The predicted octanol–water partition coefficient (Wildman–Crippen LogP) is 4.24. The van der Waals surface area contributed by atoms with Crippen molar-refractivity contribution < 1.29 is 23.1 Å². The van der Waals surface area contributed by atoms with Crippen molar-refractivity contribution in [3.05, 3.63) is 57.7 Å². The number of halogens is 2. The molecular formula is C19H16BrClN2O5S. The van der Waals surface area contributed by atoms with Crippen LogP contribution in [0.3, 0.4) is 0 Å². The molecular weight excluding hydrogens is 484 g/mol. The molecule has 29 heavy (non-hydrogen) atoms. The number of nitrogens with zero attached hydrogens (tertiary/aromatic N) is 2. The Kier molecular flexibility index (Phi) is 6.02. The topological polar surface area (TPSA) is 98.5 Å². The number of carbonyl (C=O) groups excluding carboxylic acids is 1. The van der Waals surface area contributed by atoms with E-state index in [0.717, 1.165) is 10.7 Å². The number of aromatic nitrogens is 2. The van der Waals surface area contributed by atoms with Crippen LogP contribution in [0.4, 0.5) is 0 Å². The summed E-state index contributed by atoms with van der Waals surface area (Å²) in [6.07, 6.45) is 1.10. The molecule has 0 aliphatic carbocycles. The van der Waals surface area contributed by atoms with Gasteiger partial charge in [0.2, 0.25) is 5.69 Å². The van der Waals surface area contributed by atoms with Gasteiger partial charge < -0.3 is 9.84 Å². The van der Waals surface area contributed by atoms with E-state index in [1.807, 2.05) is 0 Å². The minimum absolute atomic E-state index is 0.114. The lowest BCUT2D eigenvalue weighted by atomic mass is 10.1.